The molecule has 0 saturated heterocycles. The Hall–Kier alpha value is -8.27. The number of nitrogens with two attached hydrogens (primary N) is 1. The van der Waals surface area contributed by atoms with Crippen LogP contribution >= 0.6 is 0 Å². The Balaban J connectivity index is 1.24. The lowest BCUT2D eigenvalue weighted by Crippen LogP contribution is -2.59. The van der Waals surface area contributed by atoms with Gasteiger partial charge in [0.15, 0.2) is 0 Å². The molecule has 364 valence electrons. The number of urea groups is 1. The molecule has 0 aliphatic rings. The fraction of sp³-hybridized carbons (Fsp3) is 0.278. The second-order valence-electron chi connectivity index (χ2n) is 17.2. The van der Waals surface area contributed by atoms with Crippen LogP contribution in [0.2, 0.25) is 0 Å². The highest BCUT2D eigenvalue weighted by molar-refractivity contribution is 5.97. The summed E-state index contributed by atoms with van der Waals surface area (Å²) >= 11 is 0. The molecule has 0 unspecified atom stereocenters. The number of nitrogens with zero attached hydrogens (tertiary/aromatic N) is 1. The van der Waals surface area contributed by atoms with E-state index in [2.05, 4.69) is 31.6 Å². The van der Waals surface area contributed by atoms with Crippen molar-refractivity contribution in [3.05, 3.63) is 174 Å². The second-order valence-corrected chi connectivity index (χ2v) is 17.2. The molecule has 7 amide bonds. The zero-order chi connectivity index (χ0) is 50.0. The lowest BCUT2D eigenvalue weighted by molar-refractivity contribution is -0.146. The number of carbonyl (C=O) groups is 7. The molecule has 0 fully saturated rings. The number of aryl methyl sites for hydroxylation is 1. The predicted molar refractivity (Wildman–Crippen MR) is 267 cm³/mol. The third kappa shape index (κ3) is 14.6. The summed E-state index contributed by atoms with van der Waals surface area (Å²) in [6.45, 7) is 2.06. The van der Waals surface area contributed by atoms with E-state index < -0.39 is 72.1 Å². The van der Waals surface area contributed by atoms with E-state index in [1.807, 2.05) is 104 Å². The Labute approximate surface area is 406 Å². The number of fused-ring (bicyclic) bond motifs is 1. The van der Waals surface area contributed by atoms with E-state index in [1.165, 1.54) is 7.05 Å². The maximum absolute atomic E-state index is 14.7. The minimum Gasteiger partial charge on any atom is -0.481 e. The lowest BCUT2D eigenvalue weighted by atomic mass is 9.88. The molecule has 0 bridgehead atoms. The molecule has 0 aliphatic heterocycles. The summed E-state index contributed by atoms with van der Waals surface area (Å²) in [7, 11) is 1.31. The molecule has 0 radical (unpaired) electrons. The number of hydrogen-bond donors (Lipinski definition) is 8. The highest BCUT2D eigenvalue weighted by Crippen LogP contribution is 2.28. The average Bonchev–Trinajstić information content (AvgIpc) is 3.77. The first kappa shape index (κ1) is 51.1. The van der Waals surface area contributed by atoms with Gasteiger partial charge < -0.3 is 47.3 Å². The van der Waals surface area contributed by atoms with Crippen molar-refractivity contribution in [2.45, 2.75) is 82.0 Å². The summed E-state index contributed by atoms with van der Waals surface area (Å²) in [6, 6.07) is 36.9. The molecular formula is C54H60N8O8. The van der Waals surface area contributed by atoms with Crippen molar-refractivity contribution in [3.63, 3.8) is 0 Å². The number of aliphatic carboxylic acids is 1. The number of H-pyrrole nitrogens is 1. The van der Waals surface area contributed by atoms with E-state index in [9.17, 15) is 38.7 Å². The van der Waals surface area contributed by atoms with Crippen LogP contribution in [0.25, 0.3) is 10.9 Å². The van der Waals surface area contributed by atoms with Crippen molar-refractivity contribution >= 4 is 58.1 Å². The highest BCUT2D eigenvalue weighted by atomic mass is 16.4. The Bertz CT molecular complexity index is 2690. The van der Waals surface area contributed by atoms with Gasteiger partial charge >= 0.3 is 12.0 Å². The van der Waals surface area contributed by atoms with Gasteiger partial charge in [0.05, 0.1) is 6.42 Å². The highest BCUT2D eigenvalue weighted by Gasteiger charge is 2.35. The van der Waals surface area contributed by atoms with Crippen LogP contribution in [-0.4, -0.2) is 94.3 Å². The van der Waals surface area contributed by atoms with E-state index in [0.717, 1.165) is 38.1 Å². The molecule has 9 N–H and O–H groups in total. The maximum Gasteiger partial charge on any atom is 0.319 e. The van der Waals surface area contributed by atoms with Crippen molar-refractivity contribution in [2.24, 2.45) is 5.73 Å². The van der Waals surface area contributed by atoms with Crippen LogP contribution in [0.15, 0.2) is 146 Å². The zero-order valence-electron chi connectivity index (χ0n) is 39.2. The number of benzene rings is 5. The van der Waals surface area contributed by atoms with E-state index in [-0.39, 0.29) is 44.6 Å². The quantitative estimate of drug-likeness (QED) is 0.0348. The van der Waals surface area contributed by atoms with E-state index >= 15 is 0 Å². The molecule has 0 saturated carbocycles. The number of para-hydroxylation sites is 2. The number of hydrogen-bond acceptors (Lipinski definition) is 7. The van der Waals surface area contributed by atoms with E-state index in [1.54, 1.807) is 48.7 Å². The van der Waals surface area contributed by atoms with Gasteiger partial charge in [-0.05, 0) is 66.1 Å². The average molecular weight is 949 g/mol. The van der Waals surface area contributed by atoms with Crippen molar-refractivity contribution in [1.29, 1.82) is 0 Å². The Kier molecular flexibility index (Phi) is 18.4. The number of carbonyl (C=O) groups excluding carboxylic acids is 6. The molecule has 16 heteroatoms. The van der Waals surface area contributed by atoms with Gasteiger partial charge in [-0.2, -0.15) is 0 Å². The fourth-order valence-electron chi connectivity index (χ4n) is 8.38. The fourth-order valence-corrected chi connectivity index (χ4v) is 8.38. The molecular weight excluding hydrogens is 889 g/mol. The van der Waals surface area contributed by atoms with Gasteiger partial charge in [0.25, 0.3) is 0 Å². The van der Waals surface area contributed by atoms with Crippen molar-refractivity contribution in [1.82, 2.24) is 31.2 Å². The van der Waals surface area contributed by atoms with Crippen LogP contribution < -0.4 is 32.3 Å². The van der Waals surface area contributed by atoms with Crippen LogP contribution in [0.4, 0.5) is 10.5 Å². The number of nitrogens with one attached hydrogen (secondary N) is 6. The SMILES string of the molecule is Cc1ccccc1NC(=O)NCCCC[C@H](NC(=O)[C@H](Cc1c[nH]c2ccccc12)NC(=O)CC(c1ccccc1)c1ccccc1)C(=O)N[C@@H](CC(=O)O)C(=O)N(C)[C@@H](Cc1ccccc1)C(N)=O. The summed E-state index contributed by atoms with van der Waals surface area (Å²) in [4.78, 5) is 99.4. The number of carboxylic acids is 1. The Morgan fingerprint density at radius 2 is 1.24 bits per heavy atom. The Morgan fingerprint density at radius 1 is 0.657 bits per heavy atom. The molecule has 6 rings (SSSR count). The molecule has 16 nitrogen and oxygen atoms in total. The van der Waals surface area contributed by atoms with Gasteiger partial charge in [-0.1, -0.05) is 127 Å². The van der Waals surface area contributed by atoms with Crippen molar-refractivity contribution in [2.75, 3.05) is 18.9 Å². The number of primary amides is 1. The first-order valence-corrected chi connectivity index (χ1v) is 23.2. The number of rotatable bonds is 24. The first-order valence-electron chi connectivity index (χ1n) is 23.2. The van der Waals surface area contributed by atoms with Crippen LogP contribution in [0.1, 0.15) is 65.8 Å². The third-order valence-corrected chi connectivity index (χ3v) is 12.2. The second kappa shape index (κ2) is 25.2. The van der Waals surface area contributed by atoms with E-state index in [0.29, 0.717) is 17.7 Å². The first-order chi connectivity index (χ1) is 33.8. The molecule has 70 heavy (non-hydrogen) atoms. The predicted octanol–water partition coefficient (Wildman–Crippen LogP) is 5.72. The van der Waals surface area contributed by atoms with Crippen molar-refractivity contribution < 1.29 is 38.7 Å². The van der Waals surface area contributed by atoms with E-state index in [4.69, 9.17) is 5.73 Å². The normalized spacial score (nSPS) is 12.7. The van der Waals surface area contributed by atoms with Gasteiger partial charge in [-0.3, -0.25) is 28.8 Å². The summed E-state index contributed by atoms with van der Waals surface area (Å²) in [5, 5.41) is 24.7. The molecule has 0 aliphatic carbocycles. The molecule has 1 heterocycles. The molecule has 5 aromatic carbocycles. The summed E-state index contributed by atoms with van der Waals surface area (Å²) in [5.74, 6) is -5.51. The Morgan fingerprint density at radius 3 is 1.89 bits per heavy atom. The number of carboxylic acid groups (broad SMARTS) is 1. The lowest BCUT2D eigenvalue weighted by Gasteiger charge is -2.30. The van der Waals surface area contributed by atoms with Gasteiger partial charge in [-0.25, -0.2) is 4.79 Å². The molecule has 0 spiro atoms. The summed E-state index contributed by atoms with van der Waals surface area (Å²) in [5.41, 5.74) is 11.3. The standard InChI is InChI=1S/C54H60N8O8/c1-35-18-12-14-26-42(35)61-54(70)56-29-17-16-28-44(51(67)60-46(33-49(64)65)53(69)62(2)47(50(55)66)30-36-19-6-3-7-20-36)59-52(68)45(31-39-34-57-43-27-15-13-25-40(39)43)58-48(63)32-41(37-21-8-4-9-22-37)38-23-10-5-11-24-38/h3-15,18-27,34,41,44-47,57H,16-17,28-33H2,1-2H3,(H2,55,66)(H,58,63)(H,59,68)(H,60,67)(H,64,65)(H2,56,61,70)/t44-,45-,46-,47-/m0/s1. The largest absolute Gasteiger partial charge is 0.481 e. The summed E-state index contributed by atoms with van der Waals surface area (Å²) in [6.07, 6.45) is 1.57. The third-order valence-electron chi connectivity index (χ3n) is 12.2. The topological polar surface area (TPSA) is 245 Å². The minimum atomic E-state index is -1.67. The van der Waals surface area contributed by atoms with Gasteiger partial charge in [0.1, 0.15) is 24.2 Å². The number of aromatic nitrogens is 1. The van der Waals surface area contributed by atoms with Crippen LogP contribution in [0.3, 0.4) is 0 Å². The van der Waals surface area contributed by atoms with Gasteiger partial charge in [0.2, 0.25) is 29.5 Å². The molecule has 1 aromatic heterocycles. The number of anilines is 1. The summed E-state index contributed by atoms with van der Waals surface area (Å²) < 4.78 is 0. The molecule has 4 atom stereocenters. The minimum absolute atomic E-state index is 0.0108. The maximum atomic E-state index is 14.7. The van der Waals surface area contributed by atoms with Gasteiger partial charge in [-0.15, -0.1) is 0 Å². The number of amides is 7. The van der Waals surface area contributed by atoms with Crippen LogP contribution in [0.5, 0.6) is 0 Å². The van der Waals surface area contributed by atoms with Crippen LogP contribution in [0, 0.1) is 6.92 Å². The van der Waals surface area contributed by atoms with Crippen LogP contribution in [-0.2, 0) is 41.6 Å². The number of aromatic amines is 1. The zero-order valence-corrected chi connectivity index (χ0v) is 39.2. The van der Waals surface area contributed by atoms with Gasteiger partial charge in [0, 0.05) is 61.6 Å². The smallest absolute Gasteiger partial charge is 0.319 e. The molecule has 6 aromatic rings. The number of unbranched alkanes of at least 4 members (excludes halogenated alkanes) is 1. The van der Waals surface area contributed by atoms with Crippen molar-refractivity contribution in [3.8, 4) is 0 Å². The number of likely N-dealkylation sites (N-methyl/N-ethyl adjacent to an activating group) is 1. The monoisotopic (exact) mass is 948 g/mol.